The predicted octanol–water partition coefficient (Wildman–Crippen LogP) is 3.68. The maximum absolute atomic E-state index is 13.1. The molecule has 4 rings (SSSR count). The van der Waals surface area contributed by atoms with Crippen LogP contribution in [0.25, 0.3) is 11.3 Å². The molecule has 0 aliphatic rings. The van der Waals surface area contributed by atoms with E-state index in [9.17, 15) is 9.59 Å². The number of aromatic nitrogens is 3. The molecule has 0 atom stereocenters. The van der Waals surface area contributed by atoms with Crippen LogP contribution in [0.3, 0.4) is 0 Å². The number of benzene rings is 2. The van der Waals surface area contributed by atoms with Crippen molar-refractivity contribution in [3.63, 3.8) is 0 Å². The Labute approximate surface area is 172 Å². The number of amides is 1. The zero-order valence-corrected chi connectivity index (χ0v) is 16.2. The zero-order valence-electron chi connectivity index (χ0n) is 16.2. The largest absolute Gasteiger partial charge is 0.317 e. The Hall–Kier alpha value is -4.26. The number of anilines is 1. The van der Waals surface area contributed by atoms with Gasteiger partial charge in [0.1, 0.15) is 5.69 Å². The van der Waals surface area contributed by atoms with Crippen molar-refractivity contribution in [2.45, 2.75) is 6.92 Å². The first kappa shape index (κ1) is 19.1. The summed E-state index contributed by atoms with van der Waals surface area (Å²) in [4.78, 5) is 25.7. The van der Waals surface area contributed by atoms with Gasteiger partial charge in [-0.3, -0.25) is 14.7 Å². The molecule has 1 amide bonds. The number of carbonyl (C=O) groups is 1. The van der Waals surface area contributed by atoms with Crippen molar-refractivity contribution in [3.05, 3.63) is 106 Å². The van der Waals surface area contributed by atoms with E-state index < -0.39 is 5.56 Å². The smallest absolute Gasteiger partial charge is 0.294 e. The quantitative estimate of drug-likeness (QED) is 0.503. The normalized spacial score (nSPS) is 11.0. The maximum atomic E-state index is 13.1. The molecule has 0 radical (unpaired) electrons. The van der Waals surface area contributed by atoms with Gasteiger partial charge < -0.3 is 5.32 Å². The van der Waals surface area contributed by atoms with Crippen LogP contribution < -0.4 is 10.9 Å². The Kier molecular flexibility index (Phi) is 5.34. The number of rotatable bonds is 5. The van der Waals surface area contributed by atoms with Crippen LogP contribution in [-0.2, 0) is 0 Å². The molecule has 2 heterocycles. The molecule has 0 saturated heterocycles. The Morgan fingerprint density at radius 3 is 2.43 bits per heavy atom. The fraction of sp³-hybridized carbons (Fsp3) is 0.0435. The van der Waals surface area contributed by atoms with E-state index in [1.807, 2.05) is 36.4 Å². The van der Waals surface area contributed by atoms with Crippen molar-refractivity contribution in [2.24, 2.45) is 5.10 Å². The maximum Gasteiger partial charge on any atom is 0.294 e. The first-order valence-corrected chi connectivity index (χ1v) is 9.35. The highest BCUT2D eigenvalue weighted by atomic mass is 16.2. The third-order valence-corrected chi connectivity index (χ3v) is 4.62. The molecule has 148 valence electrons. The molecule has 4 aromatic rings. The molecule has 7 nitrogen and oxygen atoms in total. The van der Waals surface area contributed by atoms with Crippen LogP contribution in [0.2, 0.25) is 0 Å². The number of nitrogens with one attached hydrogen (secondary N) is 2. The number of hydrogen-bond acceptors (Lipinski definition) is 4. The minimum atomic E-state index is -0.424. The number of aromatic amines is 1. The van der Waals surface area contributed by atoms with Gasteiger partial charge >= 0.3 is 0 Å². The van der Waals surface area contributed by atoms with Crippen molar-refractivity contribution < 1.29 is 4.79 Å². The van der Waals surface area contributed by atoms with E-state index >= 15 is 0 Å². The molecule has 2 N–H and O–H groups in total. The minimum Gasteiger partial charge on any atom is -0.317 e. The molecule has 0 aliphatic heterocycles. The van der Waals surface area contributed by atoms with Gasteiger partial charge in [0.2, 0.25) is 0 Å². The molecule has 0 saturated carbocycles. The van der Waals surface area contributed by atoms with Crippen molar-refractivity contribution in [1.29, 1.82) is 0 Å². The van der Waals surface area contributed by atoms with Crippen molar-refractivity contribution in [3.8, 4) is 11.3 Å². The van der Waals surface area contributed by atoms with E-state index in [1.165, 1.54) is 4.68 Å². The highest BCUT2D eigenvalue weighted by Crippen LogP contribution is 2.23. The van der Waals surface area contributed by atoms with Crippen LogP contribution in [0, 0.1) is 6.92 Å². The summed E-state index contributed by atoms with van der Waals surface area (Å²) in [6.45, 7) is 1.79. The molecule has 2 aromatic heterocycles. The van der Waals surface area contributed by atoms with Gasteiger partial charge in [-0.1, -0.05) is 48.5 Å². The van der Waals surface area contributed by atoms with E-state index in [2.05, 4.69) is 20.6 Å². The summed E-state index contributed by atoms with van der Waals surface area (Å²) in [5.74, 6) is -0.370. The highest BCUT2D eigenvalue weighted by Gasteiger charge is 2.16. The predicted molar refractivity (Wildman–Crippen MR) is 117 cm³/mol. The fourth-order valence-corrected chi connectivity index (χ4v) is 3.05. The molecular weight excluding hydrogens is 378 g/mol. The van der Waals surface area contributed by atoms with Gasteiger partial charge in [-0.15, -0.1) is 0 Å². The summed E-state index contributed by atoms with van der Waals surface area (Å²) in [5.41, 5.74) is 3.06. The van der Waals surface area contributed by atoms with Crippen molar-refractivity contribution in [1.82, 2.24) is 14.9 Å². The van der Waals surface area contributed by atoms with Crippen LogP contribution >= 0.6 is 0 Å². The minimum absolute atomic E-state index is 0.129. The summed E-state index contributed by atoms with van der Waals surface area (Å²) < 4.78 is 1.28. The molecule has 2 aromatic carbocycles. The molecule has 0 fully saturated rings. The average molecular weight is 397 g/mol. The van der Waals surface area contributed by atoms with Crippen LogP contribution in [0.5, 0.6) is 0 Å². The fourth-order valence-electron chi connectivity index (χ4n) is 3.05. The van der Waals surface area contributed by atoms with E-state index in [-0.39, 0.29) is 11.6 Å². The summed E-state index contributed by atoms with van der Waals surface area (Å²) in [7, 11) is 0. The summed E-state index contributed by atoms with van der Waals surface area (Å²) in [6.07, 6.45) is 3.23. The molecule has 0 bridgehead atoms. The lowest BCUT2D eigenvalue weighted by molar-refractivity contribution is 0.102. The van der Waals surface area contributed by atoms with Crippen LogP contribution in [0.15, 0.2) is 88.9 Å². The SMILES string of the molecule is Cc1c(-c2ccn[nH]2)cc(NC(=O)c2ccccc2)c(=O)n1/N=C/c1ccccc1. The van der Waals surface area contributed by atoms with E-state index in [1.54, 1.807) is 55.7 Å². The van der Waals surface area contributed by atoms with Crippen LogP contribution in [-0.4, -0.2) is 27.0 Å². The van der Waals surface area contributed by atoms with Gasteiger partial charge in [0.05, 0.1) is 17.6 Å². The lowest BCUT2D eigenvalue weighted by atomic mass is 10.1. The Balaban J connectivity index is 1.80. The highest BCUT2D eigenvalue weighted by molar-refractivity contribution is 6.04. The lowest BCUT2D eigenvalue weighted by Crippen LogP contribution is -2.26. The Morgan fingerprint density at radius 2 is 1.77 bits per heavy atom. The lowest BCUT2D eigenvalue weighted by Gasteiger charge is -2.13. The third kappa shape index (κ3) is 3.95. The van der Waals surface area contributed by atoms with E-state index in [0.29, 0.717) is 22.5 Å². The molecule has 30 heavy (non-hydrogen) atoms. The number of carbonyl (C=O) groups excluding carboxylic acids is 1. The topological polar surface area (TPSA) is 92.1 Å². The third-order valence-electron chi connectivity index (χ3n) is 4.62. The number of pyridine rings is 1. The van der Waals surface area contributed by atoms with Gasteiger partial charge in [-0.05, 0) is 36.8 Å². The van der Waals surface area contributed by atoms with Crippen molar-refractivity contribution in [2.75, 3.05) is 5.32 Å². The zero-order chi connectivity index (χ0) is 20.9. The Bertz CT molecular complexity index is 1240. The molecule has 0 unspecified atom stereocenters. The summed E-state index contributed by atoms with van der Waals surface area (Å²) >= 11 is 0. The average Bonchev–Trinajstić information content (AvgIpc) is 3.31. The molecular formula is C23H19N5O2. The van der Waals surface area contributed by atoms with Gasteiger partial charge in [-0.25, -0.2) is 0 Å². The molecule has 7 heteroatoms. The van der Waals surface area contributed by atoms with Crippen molar-refractivity contribution >= 4 is 17.8 Å². The second-order valence-corrected chi connectivity index (χ2v) is 6.62. The number of hydrogen-bond donors (Lipinski definition) is 2. The number of H-pyrrole nitrogens is 1. The van der Waals surface area contributed by atoms with E-state index in [0.717, 1.165) is 5.56 Å². The first-order valence-electron chi connectivity index (χ1n) is 9.35. The van der Waals surface area contributed by atoms with E-state index in [4.69, 9.17) is 0 Å². The second-order valence-electron chi connectivity index (χ2n) is 6.62. The van der Waals surface area contributed by atoms with Gasteiger partial charge in [-0.2, -0.15) is 14.9 Å². The second kappa shape index (κ2) is 8.40. The van der Waals surface area contributed by atoms with Gasteiger partial charge in [0.25, 0.3) is 11.5 Å². The summed E-state index contributed by atoms with van der Waals surface area (Å²) in [5, 5.41) is 14.0. The summed E-state index contributed by atoms with van der Waals surface area (Å²) in [6, 6.07) is 21.6. The number of nitrogens with zero attached hydrogens (tertiary/aromatic N) is 3. The first-order chi connectivity index (χ1) is 14.6. The van der Waals surface area contributed by atoms with Gasteiger partial charge in [0.15, 0.2) is 0 Å². The van der Waals surface area contributed by atoms with Gasteiger partial charge in [0, 0.05) is 17.3 Å². The molecule has 0 aliphatic carbocycles. The Morgan fingerprint density at radius 1 is 1.07 bits per heavy atom. The van der Waals surface area contributed by atoms with Crippen LogP contribution in [0.4, 0.5) is 5.69 Å². The monoisotopic (exact) mass is 397 g/mol. The van der Waals surface area contributed by atoms with Crippen LogP contribution in [0.1, 0.15) is 21.6 Å². The standard InChI is InChI=1S/C23H19N5O2/c1-16-19(20-12-13-24-27-20)14-21(26-22(29)18-10-6-3-7-11-18)23(30)28(16)25-15-17-8-4-2-5-9-17/h2-15H,1H3,(H,24,27)(H,26,29)/b25-15+. The molecule has 0 spiro atoms.